The number of carbonyl (C=O) groups is 2. The van der Waals surface area contributed by atoms with Crippen molar-refractivity contribution in [1.82, 2.24) is 5.32 Å². The predicted octanol–water partition coefficient (Wildman–Crippen LogP) is 4.97. The number of piperidine rings is 1. The van der Waals surface area contributed by atoms with Gasteiger partial charge in [-0.25, -0.2) is 4.79 Å². The average Bonchev–Trinajstić information content (AvgIpc) is 2.80. The van der Waals surface area contributed by atoms with Crippen LogP contribution >= 0.6 is 0 Å². The summed E-state index contributed by atoms with van der Waals surface area (Å²) in [7, 11) is 0. The molecule has 0 spiro atoms. The number of carbonyl (C=O) groups excluding carboxylic acids is 1. The molecule has 1 atom stereocenters. The Bertz CT molecular complexity index is 922. The van der Waals surface area contributed by atoms with Gasteiger partial charge in [-0.3, -0.25) is 4.79 Å². The predicted molar refractivity (Wildman–Crippen MR) is 127 cm³/mol. The average molecular weight is 439 g/mol. The van der Waals surface area contributed by atoms with Crippen molar-refractivity contribution in [3.05, 3.63) is 59.2 Å². The van der Waals surface area contributed by atoms with Gasteiger partial charge in [-0.15, -0.1) is 0 Å². The summed E-state index contributed by atoms with van der Waals surface area (Å²) in [6.45, 7) is 6.47. The first kappa shape index (κ1) is 23.6. The van der Waals surface area contributed by atoms with E-state index in [0.717, 1.165) is 31.5 Å². The van der Waals surface area contributed by atoms with Crippen molar-refractivity contribution < 1.29 is 19.4 Å². The van der Waals surface area contributed by atoms with E-state index in [-0.39, 0.29) is 23.9 Å². The lowest BCUT2D eigenvalue weighted by molar-refractivity contribution is -0.121. The van der Waals surface area contributed by atoms with Crippen molar-refractivity contribution in [2.45, 2.75) is 58.4 Å². The van der Waals surface area contributed by atoms with E-state index in [9.17, 15) is 14.7 Å². The van der Waals surface area contributed by atoms with Crippen molar-refractivity contribution in [2.75, 3.05) is 24.6 Å². The molecule has 6 heteroatoms. The molecule has 2 N–H and O–H groups in total. The molecule has 0 bridgehead atoms. The Balaban J connectivity index is 1.79. The van der Waals surface area contributed by atoms with Crippen LogP contribution in [0, 0.1) is 0 Å². The molecule has 3 rings (SSSR count). The first-order valence-electron chi connectivity index (χ1n) is 11.7. The van der Waals surface area contributed by atoms with E-state index in [1.165, 1.54) is 37.1 Å². The van der Waals surface area contributed by atoms with Crippen molar-refractivity contribution in [3.8, 4) is 5.75 Å². The Morgan fingerprint density at radius 3 is 2.53 bits per heavy atom. The highest BCUT2D eigenvalue weighted by Crippen LogP contribution is 2.31. The second-order valence-electron chi connectivity index (χ2n) is 8.25. The van der Waals surface area contributed by atoms with Gasteiger partial charge in [-0.05, 0) is 56.4 Å². The second kappa shape index (κ2) is 11.6. The normalized spacial score (nSPS) is 14.6. The lowest BCUT2D eigenvalue weighted by atomic mass is 9.97. The van der Waals surface area contributed by atoms with E-state index in [2.05, 4.69) is 35.3 Å². The third-order valence-electron chi connectivity index (χ3n) is 5.89. The topological polar surface area (TPSA) is 78.9 Å². The number of nitrogens with one attached hydrogen (secondary N) is 1. The molecular weight excluding hydrogens is 404 g/mol. The van der Waals surface area contributed by atoms with Gasteiger partial charge in [0.15, 0.2) is 0 Å². The number of benzene rings is 2. The molecule has 1 aliphatic heterocycles. The molecule has 1 heterocycles. The maximum Gasteiger partial charge on any atom is 0.335 e. The molecular formula is C26H34N2O4. The maximum absolute atomic E-state index is 13.0. The van der Waals surface area contributed by atoms with E-state index in [0.29, 0.717) is 17.9 Å². The number of carboxylic acid groups (broad SMARTS) is 1. The van der Waals surface area contributed by atoms with Gasteiger partial charge in [0, 0.05) is 24.3 Å². The van der Waals surface area contributed by atoms with Crippen LogP contribution in [0.5, 0.6) is 5.75 Å². The number of anilines is 1. The zero-order chi connectivity index (χ0) is 22.9. The third-order valence-corrected chi connectivity index (χ3v) is 5.89. The van der Waals surface area contributed by atoms with E-state index in [1.807, 2.05) is 13.0 Å². The third kappa shape index (κ3) is 6.02. The highest BCUT2D eigenvalue weighted by atomic mass is 16.5. The largest absolute Gasteiger partial charge is 0.494 e. The van der Waals surface area contributed by atoms with Crippen LogP contribution in [0.3, 0.4) is 0 Å². The van der Waals surface area contributed by atoms with Crippen molar-refractivity contribution >= 4 is 17.6 Å². The number of para-hydroxylation sites is 1. The zero-order valence-electron chi connectivity index (χ0n) is 19.1. The van der Waals surface area contributed by atoms with Crippen LogP contribution in [-0.2, 0) is 11.2 Å². The molecule has 1 saturated heterocycles. The Kier molecular flexibility index (Phi) is 8.54. The molecule has 172 valence electrons. The van der Waals surface area contributed by atoms with Gasteiger partial charge in [0.1, 0.15) is 5.75 Å². The van der Waals surface area contributed by atoms with E-state index in [1.54, 1.807) is 6.07 Å². The van der Waals surface area contributed by atoms with Crippen LogP contribution in [0.1, 0.15) is 73.5 Å². The van der Waals surface area contributed by atoms with Crippen molar-refractivity contribution in [1.29, 1.82) is 0 Å². The summed E-state index contributed by atoms with van der Waals surface area (Å²) in [5.74, 6) is -0.663. The van der Waals surface area contributed by atoms with Gasteiger partial charge in [0.25, 0.3) is 0 Å². The SMILES string of the molecule is CCCC(NC(=O)Cc1ccc(C(=O)O)cc1OCC)c1ccccc1N1CCCCC1. The van der Waals surface area contributed by atoms with E-state index >= 15 is 0 Å². The molecule has 1 fully saturated rings. The number of rotatable bonds is 10. The van der Waals surface area contributed by atoms with Crippen LogP contribution in [0.15, 0.2) is 42.5 Å². The van der Waals surface area contributed by atoms with Gasteiger partial charge in [0.2, 0.25) is 5.91 Å². The highest BCUT2D eigenvalue weighted by Gasteiger charge is 2.22. The van der Waals surface area contributed by atoms with Crippen LogP contribution in [-0.4, -0.2) is 36.7 Å². The first-order chi connectivity index (χ1) is 15.5. The molecule has 1 amide bonds. The molecule has 32 heavy (non-hydrogen) atoms. The minimum absolute atomic E-state index is 0.0699. The summed E-state index contributed by atoms with van der Waals surface area (Å²) in [6, 6.07) is 13.0. The summed E-state index contributed by atoms with van der Waals surface area (Å²) < 4.78 is 5.61. The zero-order valence-corrected chi connectivity index (χ0v) is 19.1. The number of carboxylic acids is 1. The Morgan fingerprint density at radius 1 is 1.09 bits per heavy atom. The number of hydrogen-bond acceptors (Lipinski definition) is 4. The minimum Gasteiger partial charge on any atom is -0.494 e. The van der Waals surface area contributed by atoms with Crippen molar-refractivity contribution in [2.24, 2.45) is 0 Å². The number of hydrogen-bond donors (Lipinski definition) is 2. The summed E-state index contributed by atoms with van der Waals surface area (Å²) in [5, 5.41) is 12.5. The van der Waals surface area contributed by atoms with Gasteiger partial charge < -0.3 is 20.1 Å². The monoisotopic (exact) mass is 438 g/mol. The molecule has 1 aliphatic rings. The molecule has 6 nitrogen and oxygen atoms in total. The fraction of sp³-hybridized carbons (Fsp3) is 0.462. The fourth-order valence-corrected chi connectivity index (χ4v) is 4.34. The fourth-order valence-electron chi connectivity index (χ4n) is 4.34. The maximum atomic E-state index is 13.0. The Morgan fingerprint density at radius 2 is 1.84 bits per heavy atom. The lowest BCUT2D eigenvalue weighted by Gasteiger charge is -2.33. The Labute approximate surface area is 190 Å². The molecule has 0 radical (unpaired) electrons. The second-order valence-corrected chi connectivity index (χ2v) is 8.25. The molecule has 0 aliphatic carbocycles. The number of ether oxygens (including phenoxy) is 1. The van der Waals surface area contributed by atoms with Crippen LogP contribution in [0.25, 0.3) is 0 Å². The van der Waals surface area contributed by atoms with Crippen LogP contribution in [0.2, 0.25) is 0 Å². The van der Waals surface area contributed by atoms with E-state index in [4.69, 9.17) is 4.74 Å². The molecule has 0 aromatic heterocycles. The van der Waals surface area contributed by atoms with Gasteiger partial charge in [0.05, 0.1) is 24.6 Å². The summed E-state index contributed by atoms with van der Waals surface area (Å²) in [4.78, 5) is 26.8. The van der Waals surface area contributed by atoms with Gasteiger partial charge >= 0.3 is 5.97 Å². The van der Waals surface area contributed by atoms with Crippen LogP contribution < -0.4 is 15.0 Å². The summed E-state index contributed by atoms with van der Waals surface area (Å²) in [6.07, 6.45) is 5.62. The molecule has 2 aromatic carbocycles. The van der Waals surface area contributed by atoms with Gasteiger partial charge in [-0.1, -0.05) is 37.6 Å². The van der Waals surface area contributed by atoms with Gasteiger partial charge in [-0.2, -0.15) is 0 Å². The lowest BCUT2D eigenvalue weighted by Crippen LogP contribution is -2.34. The van der Waals surface area contributed by atoms with E-state index < -0.39 is 5.97 Å². The quantitative estimate of drug-likeness (QED) is 0.547. The molecule has 1 unspecified atom stereocenters. The summed E-state index contributed by atoms with van der Waals surface area (Å²) >= 11 is 0. The number of amides is 1. The smallest absolute Gasteiger partial charge is 0.335 e. The number of nitrogens with zero attached hydrogens (tertiary/aromatic N) is 1. The number of aromatic carboxylic acids is 1. The first-order valence-corrected chi connectivity index (χ1v) is 11.7. The highest BCUT2D eigenvalue weighted by molar-refractivity contribution is 5.88. The molecule has 2 aromatic rings. The molecule has 0 saturated carbocycles. The van der Waals surface area contributed by atoms with Crippen LogP contribution in [0.4, 0.5) is 5.69 Å². The minimum atomic E-state index is -1.01. The Hall–Kier alpha value is -3.02. The standard InChI is InChI=1S/C26H34N2O4/c1-3-10-22(21-11-6-7-12-23(21)28-15-8-5-9-16-28)27-25(29)18-19-13-14-20(26(30)31)17-24(19)32-4-2/h6-7,11-14,17,22H,3-5,8-10,15-16,18H2,1-2H3,(H,27,29)(H,30,31). The van der Waals surface area contributed by atoms with Crippen molar-refractivity contribution in [3.63, 3.8) is 0 Å². The summed E-state index contributed by atoms with van der Waals surface area (Å²) in [5.41, 5.74) is 3.22.